The Morgan fingerprint density at radius 1 is 1.21 bits per heavy atom. The number of rotatable bonds is 5. The molecule has 0 unspecified atom stereocenters. The second-order valence-corrected chi connectivity index (χ2v) is 9.31. The second-order valence-electron chi connectivity index (χ2n) is 9.31. The zero-order chi connectivity index (χ0) is 26.6. The molecule has 0 saturated heterocycles. The summed E-state index contributed by atoms with van der Waals surface area (Å²) in [7, 11) is 0. The fourth-order valence-corrected chi connectivity index (χ4v) is 4.62. The Morgan fingerprint density at radius 2 is 2.00 bits per heavy atom. The third kappa shape index (κ3) is 4.20. The van der Waals surface area contributed by atoms with Gasteiger partial charge in [-0.1, -0.05) is 12.1 Å². The third-order valence-electron chi connectivity index (χ3n) is 6.70. The monoisotopic (exact) mass is 519 g/mol. The van der Waals surface area contributed by atoms with Crippen LogP contribution < -0.4 is 10.6 Å². The van der Waals surface area contributed by atoms with E-state index in [2.05, 4.69) is 15.1 Å². The van der Waals surface area contributed by atoms with E-state index in [4.69, 9.17) is 15.7 Å². The lowest BCUT2D eigenvalue weighted by atomic mass is 10.0. The number of nitrogen functional groups attached to an aromatic ring is 1. The van der Waals surface area contributed by atoms with E-state index in [1.165, 1.54) is 29.2 Å². The van der Waals surface area contributed by atoms with Gasteiger partial charge in [-0.05, 0) is 42.2 Å². The van der Waals surface area contributed by atoms with Gasteiger partial charge in [-0.2, -0.15) is 23.5 Å². The molecule has 192 valence electrons. The van der Waals surface area contributed by atoms with Crippen LogP contribution in [0, 0.1) is 11.3 Å². The van der Waals surface area contributed by atoms with E-state index >= 15 is 0 Å². The number of aromatic nitrogens is 4. The average Bonchev–Trinajstić information content (AvgIpc) is 3.44. The van der Waals surface area contributed by atoms with E-state index in [1.54, 1.807) is 12.1 Å². The van der Waals surface area contributed by atoms with Gasteiger partial charge in [-0.25, -0.2) is 9.97 Å². The largest absolute Gasteiger partial charge is 0.437 e. The Morgan fingerprint density at radius 3 is 2.68 bits per heavy atom. The fourth-order valence-electron chi connectivity index (χ4n) is 4.62. The molecule has 4 heterocycles. The van der Waals surface area contributed by atoms with E-state index in [1.807, 2.05) is 12.1 Å². The number of alkyl halides is 3. The lowest BCUT2D eigenvalue weighted by molar-refractivity contribution is -0.141. The number of carbonyl (C=O) groups is 1. The number of carbonyl (C=O) groups excluding carboxylic acids is 1. The highest BCUT2D eigenvalue weighted by molar-refractivity contribution is 6.06. The first kappa shape index (κ1) is 23.9. The molecule has 2 aliphatic rings. The van der Waals surface area contributed by atoms with Gasteiger partial charge in [0.05, 0.1) is 42.6 Å². The molecule has 38 heavy (non-hydrogen) atoms. The fraction of sp³-hybridized carbons (Fsp3) is 0.269. The number of nitrogens with two attached hydrogens (primary N) is 1. The van der Waals surface area contributed by atoms with Crippen molar-refractivity contribution in [2.24, 2.45) is 0 Å². The van der Waals surface area contributed by atoms with Gasteiger partial charge in [0.15, 0.2) is 5.69 Å². The number of hydrogen-bond acceptors (Lipinski definition) is 7. The average molecular weight is 519 g/mol. The van der Waals surface area contributed by atoms with Crippen LogP contribution in [0.25, 0.3) is 10.9 Å². The summed E-state index contributed by atoms with van der Waals surface area (Å²) >= 11 is 0. The van der Waals surface area contributed by atoms with Crippen LogP contribution in [0.3, 0.4) is 0 Å². The summed E-state index contributed by atoms with van der Waals surface area (Å²) in [6, 6.07) is 9.71. The molecule has 12 heteroatoms. The molecular weight excluding hydrogens is 499 g/mol. The van der Waals surface area contributed by atoms with Crippen molar-refractivity contribution in [3.8, 4) is 6.07 Å². The van der Waals surface area contributed by atoms with Crippen molar-refractivity contribution < 1.29 is 22.7 Å². The van der Waals surface area contributed by atoms with E-state index in [9.17, 15) is 18.0 Å². The van der Waals surface area contributed by atoms with Crippen LogP contribution in [0.5, 0.6) is 0 Å². The van der Waals surface area contributed by atoms with Crippen LogP contribution in [0.1, 0.15) is 57.3 Å². The Labute approximate surface area is 214 Å². The predicted octanol–water partition coefficient (Wildman–Crippen LogP) is 4.51. The summed E-state index contributed by atoms with van der Waals surface area (Å²) in [5.74, 6) is -0.374. The van der Waals surface area contributed by atoms with E-state index in [0.29, 0.717) is 30.1 Å². The smallest absolute Gasteiger partial charge is 0.383 e. The van der Waals surface area contributed by atoms with Crippen LogP contribution in [-0.2, 0) is 30.7 Å². The minimum atomic E-state index is -4.78. The number of ether oxygens (including phenoxy) is 1. The van der Waals surface area contributed by atoms with Gasteiger partial charge in [-0.3, -0.25) is 9.48 Å². The number of pyridine rings is 2. The van der Waals surface area contributed by atoms with Crippen molar-refractivity contribution >= 4 is 28.3 Å². The van der Waals surface area contributed by atoms with E-state index in [-0.39, 0.29) is 29.5 Å². The number of amides is 1. The van der Waals surface area contributed by atoms with Crippen molar-refractivity contribution in [3.05, 3.63) is 76.4 Å². The summed E-state index contributed by atoms with van der Waals surface area (Å²) in [4.78, 5) is 23.1. The summed E-state index contributed by atoms with van der Waals surface area (Å²) in [6.07, 6.45) is -0.887. The second kappa shape index (κ2) is 8.81. The molecule has 3 aromatic heterocycles. The van der Waals surface area contributed by atoms with Crippen molar-refractivity contribution in [3.63, 3.8) is 0 Å². The topological polar surface area (TPSA) is 123 Å². The molecule has 9 nitrogen and oxygen atoms in total. The number of hydrogen-bond donors (Lipinski definition) is 1. The molecule has 0 spiro atoms. The molecule has 1 aromatic carbocycles. The van der Waals surface area contributed by atoms with Gasteiger partial charge in [0, 0.05) is 23.3 Å². The lowest BCUT2D eigenvalue weighted by Crippen LogP contribution is -2.32. The number of fused-ring (bicyclic) bond motifs is 3. The first-order valence-electron chi connectivity index (χ1n) is 11.8. The van der Waals surface area contributed by atoms with Gasteiger partial charge >= 0.3 is 6.18 Å². The van der Waals surface area contributed by atoms with Gasteiger partial charge in [0.25, 0.3) is 5.91 Å². The number of benzene rings is 1. The maximum Gasteiger partial charge on any atom is 0.437 e. The molecule has 1 aliphatic carbocycles. The third-order valence-corrected chi connectivity index (χ3v) is 6.70. The quantitative estimate of drug-likeness (QED) is 0.412. The molecule has 2 N–H and O–H groups in total. The SMILES string of the molecule is N#Cc1ccc(C(=O)N(Cc2ccc3c4c(c(N)nc3c2)COC4)c2cn(C3CC3)nc2C(F)(F)F)cn1. The first-order valence-corrected chi connectivity index (χ1v) is 11.8. The van der Waals surface area contributed by atoms with Gasteiger partial charge < -0.3 is 15.4 Å². The van der Waals surface area contributed by atoms with Gasteiger partial charge in [0.1, 0.15) is 17.6 Å². The van der Waals surface area contributed by atoms with Crippen LogP contribution in [0.2, 0.25) is 0 Å². The zero-order valence-electron chi connectivity index (χ0n) is 19.9. The van der Waals surface area contributed by atoms with Crippen molar-refractivity contribution in [2.75, 3.05) is 10.6 Å². The first-order chi connectivity index (χ1) is 18.2. The van der Waals surface area contributed by atoms with Crippen LogP contribution in [-0.4, -0.2) is 25.7 Å². The Balaban J connectivity index is 1.45. The number of nitriles is 1. The Bertz CT molecular complexity index is 1620. The van der Waals surface area contributed by atoms with E-state index < -0.39 is 17.8 Å². The van der Waals surface area contributed by atoms with E-state index in [0.717, 1.165) is 34.3 Å². The molecule has 4 aromatic rings. The Kier molecular flexibility index (Phi) is 5.53. The summed E-state index contributed by atoms with van der Waals surface area (Å²) in [5.41, 5.74) is 7.60. The zero-order valence-corrected chi connectivity index (χ0v) is 19.9. The molecule has 6 rings (SSSR count). The standard InChI is InChI=1S/C26H20F3N7O2/c27-26(28,29)23-22(11-36(34-23)17-4-5-17)35(25(37)15-2-3-16(8-30)32-9-15)10-14-1-6-18-19-12-38-13-20(19)24(31)33-21(18)7-14/h1-3,6-7,9,11,17H,4-5,10,12-13H2,(H2,31,33). The lowest BCUT2D eigenvalue weighted by Gasteiger charge is -2.23. The molecule has 0 atom stereocenters. The highest BCUT2D eigenvalue weighted by Gasteiger charge is 2.41. The molecule has 1 saturated carbocycles. The van der Waals surface area contributed by atoms with Crippen molar-refractivity contribution in [1.82, 2.24) is 19.7 Å². The minimum absolute atomic E-state index is 0.0365. The number of anilines is 2. The van der Waals surface area contributed by atoms with Crippen LogP contribution in [0.15, 0.2) is 42.7 Å². The predicted molar refractivity (Wildman–Crippen MR) is 130 cm³/mol. The Hall–Kier alpha value is -4.50. The maximum atomic E-state index is 14.1. The van der Waals surface area contributed by atoms with Crippen molar-refractivity contribution in [2.45, 2.75) is 44.8 Å². The molecule has 1 amide bonds. The molecular formula is C26H20F3N7O2. The maximum absolute atomic E-state index is 14.1. The molecule has 1 aliphatic heterocycles. The highest BCUT2D eigenvalue weighted by Crippen LogP contribution is 2.41. The van der Waals surface area contributed by atoms with Gasteiger partial charge in [0.2, 0.25) is 0 Å². The molecule has 1 fully saturated rings. The normalized spacial score (nSPS) is 14.9. The summed E-state index contributed by atoms with van der Waals surface area (Å²) in [6.45, 7) is 0.574. The summed E-state index contributed by atoms with van der Waals surface area (Å²) in [5, 5.41) is 13.7. The number of nitrogens with zero attached hydrogens (tertiary/aromatic N) is 6. The highest BCUT2D eigenvalue weighted by atomic mass is 19.4. The number of halogens is 3. The van der Waals surface area contributed by atoms with Crippen molar-refractivity contribution in [1.29, 1.82) is 5.26 Å². The van der Waals surface area contributed by atoms with Crippen LogP contribution >= 0.6 is 0 Å². The minimum Gasteiger partial charge on any atom is -0.383 e. The molecule has 0 radical (unpaired) electrons. The van der Waals surface area contributed by atoms with Gasteiger partial charge in [-0.15, -0.1) is 0 Å². The van der Waals surface area contributed by atoms with Crippen LogP contribution in [0.4, 0.5) is 24.7 Å². The molecule has 0 bridgehead atoms. The summed E-state index contributed by atoms with van der Waals surface area (Å²) < 4.78 is 49.1.